The first-order valence-electron chi connectivity index (χ1n) is 9.05. The first-order valence-corrected chi connectivity index (χ1v) is 17.5. The molecule has 3 aromatic rings. The van der Waals surface area contributed by atoms with Crippen LogP contribution in [0.5, 0.6) is 0 Å². The minimum absolute atomic E-state index is 0.0641. The highest BCUT2D eigenvalue weighted by Crippen LogP contribution is 2.41. The fraction of sp³-hybridized carbons (Fsp3) is 0. The second-order valence-electron chi connectivity index (χ2n) is 6.72. The van der Waals surface area contributed by atoms with Gasteiger partial charge >= 0.3 is 0 Å². The zero-order valence-electron chi connectivity index (χ0n) is 18.5. The van der Waals surface area contributed by atoms with Gasteiger partial charge in [-0.2, -0.15) is 25.3 Å². The van der Waals surface area contributed by atoms with Crippen molar-refractivity contribution in [2.45, 2.75) is 14.7 Å². The van der Waals surface area contributed by atoms with E-state index in [0.717, 1.165) is 6.07 Å². The molecule has 0 fully saturated rings. The Kier molecular flexibility index (Phi) is 14.7. The van der Waals surface area contributed by atoms with Crippen LogP contribution in [-0.4, -0.2) is 38.9 Å². The van der Waals surface area contributed by atoms with Gasteiger partial charge in [-0.3, -0.25) is 13.7 Å². The van der Waals surface area contributed by atoms with Crippen LogP contribution in [0.1, 0.15) is 0 Å². The normalized spacial score (nSPS) is 11.8. The Labute approximate surface area is 288 Å². The van der Waals surface area contributed by atoms with Gasteiger partial charge in [0.1, 0.15) is 14.7 Å². The predicted octanol–water partition coefficient (Wildman–Crippen LogP) is 9.99. The van der Waals surface area contributed by atoms with E-state index in [1.807, 2.05) is 0 Å². The molecular formula is C18H7Cl11O9S3. The van der Waals surface area contributed by atoms with Crippen molar-refractivity contribution in [3.63, 3.8) is 0 Å². The summed E-state index contributed by atoms with van der Waals surface area (Å²) in [5.74, 6) is 0. The molecule has 0 aromatic heterocycles. The van der Waals surface area contributed by atoms with Crippen LogP contribution >= 0.6 is 128 Å². The van der Waals surface area contributed by atoms with Crippen LogP contribution < -0.4 is 0 Å². The lowest BCUT2D eigenvalue weighted by Gasteiger charge is -2.06. The molecule has 41 heavy (non-hydrogen) atoms. The van der Waals surface area contributed by atoms with E-state index in [1.54, 1.807) is 0 Å². The average molecular weight is 853 g/mol. The van der Waals surface area contributed by atoms with Gasteiger partial charge in [0.25, 0.3) is 30.4 Å². The molecule has 0 aliphatic rings. The molecule has 0 saturated carbocycles. The summed E-state index contributed by atoms with van der Waals surface area (Å²) in [6, 6.07) is 4.46. The maximum atomic E-state index is 10.8. The molecule has 0 amide bonds. The molecule has 3 aromatic carbocycles. The van der Waals surface area contributed by atoms with Crippen LogP contribution in [0.25, 0.3) is 0 Å². The predicted molar refractivity (Wildman–Crippen MR) is 164 cm³/mol. The van der Waals surface area contributed by atoms with Gasteiger partial charge < -0.3 is 0 Å². The van der Waals surface area contributed by atoms with Crippen LogP contribution in [0.3, 0.4) is 0 Å². The van der Waals surface area contributed by atoms with Crippen molar-refractivity contribution in [3.05, 3.63) is 79.5 Å². The van der Waals surface area contributed by atoms with Gasteiger partial charge in [0.15, 0.2) is 0 Å². The van der Waals surface area contributed by atoms with Crippen molar-refractivity contribution in [3.8, 4) is 0 Å². The van der Waals surface area contributed by atoms with Crippen LogP contribution in [0.15, 0.2) is 39.0 Å². The molecule has 0 heterocycles. The third-order valence-corrected chi connectivity index (χ3v) is 11.4. The highest BCUT2D eigenvalue weighted by molar-refractivity contribution is 7.86. The summed E-state index contributed by atoms with van der Waals surface area (Å²) in [4.78, 5) is -1.78. The summed E-state index contributed by atoms with van der Waals surface area (Å²) in [6.45, 7) is 0. The van der Waals surface area contributed by atoms with Crippen LogP contribution in [0.2, 0.25) is 55.2 Å². The summed E-state index contributed by atoms with van der Waals surface area (Å²) in [7, 11) is -13.4. The van der Waals surface area contributed by atoms with Crippen molar-refractivity contribution >= 4 is 158 Å². The van der Waals surface area contributed by atoms with Crippen molar-refractivity contribution in [1.82, 2.24) is 0 Å². The van der Waals surface area contributed by atoms with E-state index in [0.29, 0.717) is 0 Å². The van der Waals surface area contributed by atoms with E-state index in [2.05, 4.69) is 0 Å². The largest absolute Gasteiger partial charge is 0.297 e. The van der Waals surface area contributed by atoms with E-state index in [1.165, 1.54) is 18.2 Å². The zero-order chi connectivity index (χ0) is 32.4. The lowest BCUT2D eigenvalue weighted by Crippen LogP contribution is -2.01. The third-order valence-electron chi connectivity index (χ3n) is 3.90. The zero-order valence-corrected chi connectivity index (χ0v) is 29.2. The fourth-order valence-electron chi connectivity index (χ4n) is 2.29. The lowest BCUT2D eigenvalue weighted by atomic mass is 10.3. The second-order valence-corrected chi connectivity index (χ2v) is 15.2. The second kappa shape index (κ2) is 15.2. The highest BCUT2D eigenvalue weighted by Gasteiger charge is 2.24. The minimum atomic E-state index is -4.54. The van der Waals surface area contributed by atoms with Gasteiger partial charge in [-0.1, -0.05) is 128 Å². The Morgan fingerprint density at radius 2 is 0.756 bits per heavy atom. The van der Waals surface area contributed by atoms with E-state index in [9.17, 15) is 25.3 Å². The Morgan fingerprint density at radius 3 is 1.10 bits per heavy atom. The molecular weight excluding hydrogens is 846 g/mol. The van der Waals surface area contributed by atoms with Crippen molar-refractivity contribution < 1.29 is 38.9 Å². The molecule has 228 valence electrons. The smallest absolute Gasteiger partial charge is 0.282 e. The monoisotopic (exact) mass is 848 g/mol. The quantitative estimate of drug-likeness (QED) is 0.132. The van der Waals surface area contributed by atoms with Crippen molar-refractivity contribution in [2.75, 3.05) is 0 Å². The van der Waals surface area contributed by atoms with E-state index >= 15 is 0 Å². The summed E-state index contributed by atoms with van der Waals surface area (Å²) in [6.07, 6.45) is 0. The highest BCUT2D eigenvalue weighted by atomic mass is 35.5. The molecule has 0 saturated heterocycles. The molecule has 0 atom stereocenters. The van der Waals surface area contributed by atoms with Crippen LogP contribution in [0.4, 0.5) is 0 Å². The minimum Gasteiger partial charge on any atom is -0.282 e. The number of rotatable bonds is 3. The summed E-state index contributed by atoms with van der Waals surface area (Å²) in [5.41, 5.74) is 0. The van der Waals surface area contributed by atoms with Gasteiger partial charge in [-0.15, -0.1) is 0 Å². The van der Waals surface area contributed by atoms with Crippen molar-refractivity contribution in [1.29, 1.82) is 0 Å². The number of hydrogen-bond acceptors (Lipinski definition) is 6. The topological polar surface area (TPSA) is 163 Å². The maximum Gasteiger partial charge on any atom is 0.297 e. The van der Waals surface area contributed by atoms with Gasteiger partial charge in [-0.05, 0) is 24.3 Å². The van der Waals surface area contributed by atoms with Gasteiger partial charge in [-0.25, -0.2) is 0 Å². The first kappa shape index (κ1) is 39.6. The van der Waals surface area contributed by atoms with Gasteiger partial charge in [0, 0.05) is 5.02 Å². The molecule has 9 nitrogen and oxygen atoms in total. The Bertz CT molecular complexity index is 1780. The summed E-state index contributed by atoms with van der Waals surface area (Å²) < 4.78 is 90.9. The van der Waals surface area contributed by atoms with E-state index in [-0.39, 0.29) is 55.2 Å². The summed E-state index contributed by atoms with van der Waals surface area (Å²) >= 11 is 61.0. The lowest BCUT2D eigenvalue weighted by molar-refractivity contribution is 0.481. The molecule has 0 aliphatic carbocycles. The van der Waals surface area contributed by atoms with Gasteiger partial charge in [0.2, 0.25) is 0 Å². The number of hydrogen-bond donors (Lipinski definition) is 3. The van der Waals surface area contributed by atoms with E-state index < -0.39 is 45.0 Å². The molecule has 23 heteroatoms. The number of halogens is 11. The third kappa shape index (κ3) is 10.9. The Balaban J connectivity index is 0.000000308. The molecule has 0 spiro atoms. The molecule has 3 N–H and O–H groups in total. The maximum absolute atomic E-state index is 10.8. The number of benzene rings is 3. The standard InChI is InChI=1S/2C6H2Cl4O3S.C6H3Cl3O3S/c7-2-1-3(14(11,12)13)5(9)6(10)4(2)8;7-2-1-3(8)5(10)6(4(2)9)14(11,12)13;7-3-1-4(8)6(5(9)2-3)13(10,11)12/h2*1H,(H,11,12,13);1-2H,(H,10,11,12). The van der Waals surface area contributed by atoms with E-state index in [4.69, 9.17) is 141 Å². The average Bonchev–Trinajstić information content (AvgIpc) is 2.76. The molecule has 0 bridgehead atoms. The molecule has 3 rings (SSSR count). The van der Waals surface area contributed by atoms with Crippen LogP contribution in [-0.2, 0) is 30.4 Å². The molecule has 0 unspecified atom stereocenters. The fourth-order valence-corrected chi connectivity index (χ4v) is 8.29. The SMILES string of the molecule is O=S(=O)(O)c1c(Cl)c(Cl)cc(Cl)c1Cl.O=S(=O)(O)c1c(Cl)cc(Cl)cc1Cl.O=S(=O)(O)c1cc(Cl)c(Cl)c(Cl)c1Cl. The Morgan fingerprint density at radius 1 is 0.390 bits per heavy atom. The Hall–Kier alpha value is 0.580. The first-order chi connectivity index (χ1) is 18.3. The summed E-state index contributed by atoms with van der Waals surface area (Å²) in [5, 5.41) is -1.88. The van der Waals surface area contributed by atoms with Crippen LogP contribution in [0, 0.1) is 0 Å². The van der Waals surface area contributed by atoms with Gasteiger partial charge in [0.05, 0.1) is 50.2 Å². The molecule has 0 aliphatic heterocycles. The van der Waals surface area contributed by atoms with Crippen molar-refractivity contribution in [2.24, 2.45) is 0 Å². The molecule has 0 radical (unpaired) electrons.